The predicted molar refractivity (Wildman–Crippen MR) is 49.5 cm³/mol. The van der Waals surface area contributed by atoms with Gasteiger partial charge < -0.3 is 0 Å². The van der Waals surface area contributed by atoms with Gasteiger partial charge in [0.1, 0.15) is 5.82 Å². The Kier molecular flexibility index (Phi) is 1.81. The second-order valence-corrected chi connectivity index (χ2v) is 2.86. The van der Waals surface area contributed by atoms with Crippen molar-refractivity contribution in [1.82, 2.24) is 19.7 Å². The molecule has 0 saturated carbocycles. The second-order valence-electron chi connectivity index (χ2n) is 2.86. The zero-order chi connectivity index (χ0) is 10.1. The van der Waals surface area contributed by atoms with Crippen LogP contribution in [0.4, 0.5) is 0 Å². The SMILES string of the molecule is Cc1cc(=O)[nH]n1-c1ccnc(=O)[nH]1. The van der Waals surface area contributed by atoms with Gasteiger partial charge in [-0.3, -0.25) is 14.9 Å². The van der Waals surface area contributed by atoms with Crippen LogP contribution in [0.3, 0.4) is 0 Å². The van der Waals surface area contributed by atoms with Crippen molar-refractivity contribution >= 4 is 0 Å². The molecule has 2 aromatic rings. The Morgan fingerprint density at radius 2 is 2.21 bits per heavy atom. The Bertz CT molecular complexity index is 563. The van der Waals surface area contributed by atoms with E-state index in [9.17, 15) is 9.59 Å². The fourth-order valence-electron chi connectivity index (χ4n) is 1.22. The number of rotatable bonds is 1. The molecule has 2 heterocycles. The summed E-state index contributed by atoms with van der Waals surface area (Å²) in [5.74, 6) is 0.490. The van der Waals surface area contributed by atoms with Crippen LogP contribution >= 0.6 is 0 Å². The first-order chi connectivity index (χ1) is 6.66. The van der Waals surface area contributed by atoms with Crippen LogP contribution in [0, 0.1) is 6.92 Å². The third-order valence-electron chi connectivity index (χ3n) is 1.81. The molecule has 72 valence electrons. The van der Waals surface area contributed by atoms with Gasteiger partial charge >= 0.3 is 5.69 Å². The van der Waals surface area contributed by atoms with E-state index in [0.717, 1.165) is 5.69 Å². The Balaban J connectivity index is 2.65. The molecular weight excluding hydrogens is 184 g/mol. The summed E-state index contributed by atoms with van der Waals surface area (Å²) in [6, 6.07) is 3.04. The van der Waals surface area contributed by atoms with E-state index in [4.69, 9.17) is 0 Å². The van der Waals surface area contributed by atoms with Crippen LogP contribution in [0.1, 0.15) is 5.69 Å². The standard InChI is InChI=1S/C8H8N4O2/c1-5-4-7(13)11-12(5)6-2-3-9-8(14)10-6/h2-4H,1H3,(H,11,13)(H,9,10,14). The third kappa shape index (κ3) is 1.37. The van der Waals surface area contributed by atoms with Crippen LogP contribution in [-0.4, -0.2) is 19.7 Å². The quantitative estimate of drug-likeness (QED) is 0.642. The van der Waals surface area contributed by atoms with E-state index in [-0.39, 0.29) is 5.56 Å². The fraction of sp³-hybridized carbons (Fsp3) is 0.125. The molecule has 2 aromatic heterocycles. The maximum atomic E-state index is 11.0. The van der Waals surface area contributed by atoms with Crippen molar-refractivity contribution in [2.75, 3.05) is 0 Å². The lowest BCUT2D eigenvalue weighted by Crippen LogP contribution is -2.15. The molecule has 6 nitrogen and oxygen atoms in total. The van der Waals surface area contributed by atoms with E-state index in [1.807, 2.05) is 0 Å². The first-order valence-electron chi connectivity index (χ1n) is 4.01. The molecule has 0 spiro atoms. The average molecular weight is 192 g/mol. The van der Waals surface area contributed by atoms with E-state index in [2.05, 4.69) is 15.1 Å². The van der Waals surface area contributed by atoms with Crippen molar-refractivity contribution < 1.29 is 0 Å². The van der Waals surface area contributed by atoms with E-state index in [1.165, 1.54) is 16.9 Å². The highest BCUT2D eigenvalue weighted by Crippen LogP contribution is 2.00. The number of aromatic amines is 2. The van der Waals surface area contributed by atoms with Crippen molar-refractivity contribution in [2.45, 2.75) is 6.92 Å². The lowest BCUT2D eigenvalue weighted by molar-refractivity contribution is 0.793. The highest BCUT2D eigenvalue weighted by Gasteiger charge is 2.02. The van der Waals surface area contributed by atoms with Crippen LogP contribution in [0.2, 0.25) is 0 Å². The zero-order valence-electron chi connectivity index (χ0n) is 7.44. The maximum Gasteiger partial charge on any atom is 0.346 e. The molecule has 0 aliphatic rings. The zero-order valence-corrected chi connectivity index (χ0v) is 7.44. The van der Waals surface area contributed by atoms with Crippen molar-refractivity contribution in [3.05, 3.63) is 44.9 Å². The fourth-order valence-corrected chi connectivity index (χ4v) is 1.22. The molecule has 0 aromatic carbocycles. The molecule has 0 bridgehead atoms. The monoisotopic (exact) mass is 192 g/mol. The van der Waals surface area contributed by atoms with Gasteiger partial charge in [-0.1, -0.05) is 0 Å². The maximum absolute atomic E-state index is 11.0. The summed E-state index contributed by atoms with van der Waals surface area (Å²) < 4.78 is 1.49. The van der Waals surface area contributed by atoms with Gasteiger partial charge in [0.25, 0.3) is 5.56 Å². The van der Waals surface area contributed by atoms with Crippen LogP contribution in [-0.2, 0) is 0 Å². The Labute approximate surface area is 78.2 Å². The van der Waals surface area contributed by atoms with Gasteiger partial charge in [0.2, 0.25) is 0 Å². The summed E-state index contributed by atoms with van der Waals surface area (Å²) in [7, 11) is 0. The van der Waals surface area contributed by atoms with Crippen LogP contribution < -0.4 is 11.2 Å². The second kappa shape index (κ2) is 2.99. The molecule has 2 rings (SSSR count). The lowest BCUT2D eigenvalue weighted by atomic mass is 10.5. The van der Waals surface area contributed by atoms with Crippen LogP contribution in [0.15, 0.2) is 27.9 Å². The average Bonchev–Trinajstić information content (AvgIpc) is 2.45. The van der Waals surface area contributed by atoms with Gasteiger partial charge in [0.05, 0.1) is 0 Å². The molecular formula is C8H8N4O2. The summed E-state index contributed by atoms with van der Waals surface area (Å²) in [6.45, 7) is 1.76. The third-order valence-corrected chi connectivity index (χ3v) is 1.81. The molecule has 0 radical (unpaired) electrons. The Hall–Kier alpha value is -2.11. The van der Waals surface area contributed by atoms with Gasteiger partial charge in [-0.2, -0.15) is 0 Å². The summed E-state index contributed by atoms with van der Waals surface area (Å²) >= 11 is 0. The minimum Gasteiger partial charge on any atom is -0.290 e. The van der Waals surface area contributed by atoms with Crippen LogP contribution in [0.5, 0.6) is 0 Å². The van der Waals surface area contributed by atoms with E-state index >= 15 is 0 Å². The topological polar surface area (TPSA) is 83.5 Å². The summed E-state index contributed by atoms with van der Waals surface area (Å²) in [5, 5.41) is 2.55. The molecule has 0 aliphatic heterocycles. The van der Waals surface area contributed by atoms with Gasteiger partial charge in [0.15, 0.2) is 0 Å². The van der Waals surface area contributed by atoms with Crippen molar-refractivity contribution in [3.63, 3.8) is 0 Å². The number of hydrogen-bond acceptors (Lipinski definition) is 3. The molecule has 14 heavy (non-hydrogen) atoms. The molecule has 0 amide bonds. The molecule has 0 fully saturated rings. The number of hydrogen-bond donors (Lipinski definition) is 2. The summed E-state index contributed by atoms with van der Waals surface area (Å²) in [4.78, 5) is 27.9. The Morgan fingerprint density at radius 3 is 2.79 bits per heavy atom. The van der Waals surface area contributed by atoms with Crippen molar-refractivity contribution in [3.8, 4) is 5.82 Å². The van der Waals surface area contributed by atoms with E-state index in [0.29, 0.717) is 5.82 Å². The lowest BCUT2D eigenvalue weighted by Gasteiger charge is -2.02. The number of nitrogens with one attached hydrogen (secondary N) is 2. The summed E-state index contributed by atoms with van der Waals surface area (Å²) in [6.07, 6.45) is 1.38. The Morgan fingerprint density at radius 1 is 1.43 bits per heavy atom. The number of aryl methyl sites for hydroxylation is 1. The normalized spacial score (nSPS) is 10.4. The smallest absolute Gasteiger partial charge is 0.290 e. The molecule has 0 saturated heterocycles. The van der Waals surface area contributed by atoms with Crippen molar-refractivity contribution in [1.29, 1.82) is 0 Å². The molecule has 6 heteroatoms. The van der Waals surface area contributed by atoms with E-state index in [1.54, 1.807) is 13.0 Å². The van der Waals surface area contributed by atoms with Crippen LogP contribution in [0.25, 0.3) is 5.82 Å². The van der Waals surface area contributed by atoms with Crippen molar-refractivity contribution in [2.24, 2.45) is 0 Å². The first kappa shape index (κ1) is 8.49. The predicted octanol–water partition coefficient (Wildman–Crippen LogP) is -0.443. The van der Waals surface area contributed by atoms with Gasteiger partial charge in [-0.25, -0.2) is 14.5 Å². The molecule has 0 aliphatic carbocycles. The first-order valence-corrected chi connectivity index (χ1v) is 4.01. The number of nitrogens with zero attached hydrogens (tertiary/aromatic N) is 2. The minimum absolute atomic E-state index is 0.208. The van der Waals surface area contributed by atoms with Gasteiger partial charge in [0, 0.05) is 18.0 Å². The largest absolute Gasteiger partial charge is 0.346 e. The highest BCUT2D eigenvalue weighted by atomic mass is 16.1. The highest BCUT2D eigenvalue weighted by molar-refractivity contribution is 5.20. The van der Waals surface area contributed by atoms with E-state index < -0.39 is 5.69 Å². The molecule has 0 unspecified atom stereocenters. The summed E-state index contributed by atoms with van der Waals surface area (Å²) in [5.41, 5.74) is 0.0634. The molecule has 0 atom stereocenters. The van der Waals surface area contributed by atoms with Gasteiger partial charge in [-0.05, 0) is 13.0 Å². The van der Waals surface area contributed by atoms with Gasteiger partial charge in [-0.15, -0.1) is 0 Å². The number of H-pyrrole nitrogens is 2. The molecule has 2 N–H and O–H groups in total. The number of aromatic nitrogens is 4. The minimum atomic E-state index is -0.448.